The van der Waals surface area contributed by atoms with E-state index in [1.54, 1.807) is 16.9 Å². The van der Waals surface area contributed by atoms with Crippen molar-refractivity contribution in [3.63, 3.8) is 0 Å². The maximum Gasteiger partial charge on any atom is 0.262 e. The molecule has 7 heteroatoms. The van der Waals surface area contributed by atoms with Crippen LogP contribution in [0.5, 0.6) is 0 Å². The Morgan fingerprint density at radius 2 is 1.89 bits per heavy atom. The highest BCUT2D eigenvalue weighted by molar-refractivity contribution is 6.30. The molecule has 0 unspecified atom stereocenters. The molecule has 0 saturated carbocycles. The number of benzene rings is 1. The molecule has 0 aliphatic carbocycles. The lowest BCUT2D eigenvalue weighted by Crippen LogP contribution is -2.38. The van der Waals surface area contributed by atoms with Crippen molar-refractivity contribution in [3.8, 4) is 11.1 Å². The number of rotatable bonds is 4. The Morgan fingerprint density at radius 3 is 2.54 bits per heavy atom. The largest absolute Gasteiger partial charge is 0.394 e. The summed E-state index contributed by atoms with van der Waals surface area (Å²) in [5, 5.41) is 15.5. The van der Waals surface area contributed by atoms with Crippen LogP contribution in [0, 0.1) is 0 Å². The molecule has 0 bridgehead atoms. The van der Waals surface area contributed by atoms with Gasteiger partial charge in [0.25, 0.3) is 5.56 Å². The molecule has 0 amide bonds. The molecule has 1 aromatic carbocycles. The van der Waals surface area contributed by atoms with Crippen LogP contribution < -0.4 is 5.56 Å². The average molecular weight is 397 g/mol. The van der Waals surface area contributed by atoms with E-state index in [0.29, 0.717) is 21.6 Å². The van der Waals surface area contributed by atoms with E-state index in [-0.39, 0.29) is 12.2 Å². The van der Waals surface area contributed by atoms with Gasteiger partial charge in [-0.15, -0.1) is 0 Å². The molecule has 0 atom stereocenters. The molecule has 0 radical (unpaired) electrons. The molecule has 0 aliphatic rings. The molecule has 1 N–H and O–H groups in total. The fraction of sp³-hybridized carbons (Fsp3) is 0.286. The van der Waals surface area contributed by atoms with Crippen LogP contribution in [0.1, 0.15) is 26.5 Å². The first-order valence-corrected chi connectivity index (χ1v) is 9.54. The van der Waals surface area contributed by atoms with Gasteiger partial charge in [-0.3, -0.25) is 4.79 Å². The Bertz CT molecular complexity index is 1240. The van der Waals surface area contributed by atoms with Gasteiger partial charge >= 0.3 is 0 Å². The zero-order valence-corrected chi connectivity index (χ0v) is 16.7. The van der Waals surface area contributed by atoms with Gasteiger partial charge in [-0.25, -0.2) is 9.50 Å². The summed E-state index contributed by atoms with van der Waals surface area (Å²) in [6.45, 7) is 5.53. The van der Waals surface area contributed by atoms with E-state index in [2.05, 4.69) is 4.98 Å². The number of halogens is 1. The number of fused-ring (bicyclic) bond motifs is 3. The standard InChI is InChI=1S/C21H21ClN4O2/c1-4-16-18(13-5-7-14(22)8-6-13)19-23-11-15-17(26(19)24-16)9-10-25(20(15)28)21(2,3)12-27/h5-11,27H,4,12H2,1-3H3. The minimum Gasteiger partial charge on any atom is -0.394 e. The number of hydrogen-bond acceptors (Lipinski definition) is 4. The molecule has 3 aromatic heterocycles. The summed E-state index contributed by atoms with van der Waals surface area (Å²) in [5.74, 6) is 0. The third-order valence-corrected chi connectivity index (χ3v) is 5.34. The molecular formula is C21H21ClN4O2. The van der Waals surface area contributed by atoms with Crippen LogP contribution in [-0.2, 0) is 12.0 Å². The van der Waals surface area contributed by atoms with Gasteiger partial charge in [-0.2, -0.15) is 5.10 Å². The van der Waals surface area contributed by atoms with Gasteiger partial charge in [-0.05, 0) is 44.0 Å². The molecule has 0 saturated heterocycles. The second-order valence-electron chi connectivity index (χ2n) is 7.44. The van der Waals surface area contributed by atoms with Crippen molar-refractivity contribution in [2.24, 2.45) is 0 Å². The highest BCUT2D eigenvalue weighted by Crippen LogP contribution is 2.30. The van der Waals surface area contributed by atoms with Crippen LogP contribution in [0.15, 0.2) is 47.5 Å². The van der Waals surface area contributed by atoms with Crippen molar-refractivity contribution >= 4 is 28.2 Å². The molecule has 0 fully saturated rings. The van der Waals surface area contributed by atoms with Gasteiger partial charge in [0.15, 0.2) is 5.65 Å². The smallest absolute Gasteiger partial charge is 0.262 e. The van der Waals surface area contributed by atoms with E-state index in [0.717, 1.165) is 23.2 Å². The minimum atomic E-state index is -0.701. The maximum atomic E-state index is 13.0. The zero-order valence-electron chi connectivity index (χ0n) is 16.0. The third-order valence-electron chi connectivity index (χ3n) is 5.09. The second kappa shape index (κ2) is 6.72. The molecule has 4 rings (SSSR count). The lowest BCUT2D eigenvalue weighted by molar-refractivity contribution is 0.161. The molecule has 4 aromatic rings. The monoisotopic (exact) mass is 396 g/mol. The van der Waals surface area contributed by atoms with Gasteiger partial charge in [0, 0.05) is 23.0 Å². The number of aromatic nitrogens is 4. The van der Waals surface area contributed by atoms with Crippen molar-refractivity contribution in [2.45, 2.75) is 32.7 Å². The predicted octanol–water partition coefficient (Wildman–Crippen LogP) is 3.65. The quantitative estimate of drug-likeness (QED) is 0.571. The Morgan fingerprint density at radius 1 is 1.18 bits per heavy atom. The van der Waals surface area contributed by atoms with Gasteiger partial charge in [0.05, 0.1) is 28.7 Å². The molecule has 144 valence electrons. The number of aryl methyl sites for hydroxylation is 1. The summed E-state index contributed by atoms with van der Waals surface area (Å²) >= 11 is 6.03. The first kappa shape index (κ1) is 18.7. The topological polar surface area (TPSA) is 72.4 Å². The summed E-state index contributed by atoms with van der Waals surface area (Å²) in [6, 6.07) is 9.44. The number of aliphatic hydroxyl groups is 1. The van der Waals surface area contributed by atoms with Crippen LogP contribution >= 0.6 is 11.6 Å². The van der Waals surface area contributed by atoms with Crippen LogP contribution in [0.25, 0.3) is 27.7 Å². The Kier molecular flexibility index (Phi) is 4.48. The van der Waals surface area contributed by atoms with Gasteiger partial charge in [0.2, 0.25) is 0 Å². The van der Waals surface area contributed by atoms with E-state index in [1.165, 1.54) is 4.57 Å². The van der Waals surface area contributed by atoms with Crippen LogP contribution in [0.2, 0.25) is 5.02 Å². The highest BCUT2D eigenvalue weighted by Gasteiger charge is 2.23. The summed E-state index contributed by atoms with van der Waals surface area (Å²) in [7, 11) is 0. The lowest BCUT2D eigenvalue weighted by Gasteiger charge is -2.25. The van der Waals surface area contributed by atoms with E-state index >= 15 is 0 Å². The number of nitrogens with zero attached hydrogens (tertiary/aromatic N) is 4. The van der Waals surface area contributed by atoms with Crippen molar-refractivity contribution in [1.29, 1.82) is 0 Å². The summed E-state index contributed by atoms with van der Waals surface area (Å²) in [5.41, 5.74) is 3.32. The molecule has 6 nitrogen and oxygen atoms in total. The van der Waals surface area contributed by atoms with Crippen molar-refractivity contribution in [2.75, 3.05) is 6.61 Å². The van der Waals surface area contributed by atoms with Crippen molar-refractivity contribution < 1.29 is 5.11 Å². The van der Waals surface area contributed by atoms with Crippen LogP contribution in [0.3, 0.4) is 0 Å². The Labute approximate surface area is 167 Å². The molecule has 28 heavy (non-hydrogen) atoms. The summed E-state index contributed by atoms with van der Waals surface area (Å²) < 4.78 is 3.27. The zero-order chi connectivity index (χ0) is 20.1. The van der Waals surface area contributed by atoms with E-state index in [4.69, 9.17) is 16.7 Å². The number of aliphatic hydroxyl groups excluding tert-OH is 1. The first-order valence-electron chi connectivity index (χ1n) is 9.16. The van der Waals surface area contributed by atoms with Crippen LogP contribution in [0.4, 0.5) is 0 Å². The van der Waals surface area contributed by atoms with E-state index in [9.17, 15) is 9.90 Å². The van der Waals surface area contributed by atoms with E-state index in [1.807, 2.05) is 51.1 Å². The van der Waals surface area contributed by atoms with Gasteiger partial charge in [-0.1, -0.05) is 30.7 Å². The number of hydrogen-bond donors (Lipinski definition) is 1. The summed E-state index contributed by atoms with van der Waals surface area (Å²) in [4.78, 5) is 17.6. The van der Waals surface area contributed by atoms with E-state index < -0.39 is 5.54 Å². The maximum absolute atomic E-state index is 13.0. The average Bonchev–Trinajstić information content (AvgIpc) is 3.07. The summed E-state index contributed by atoms with van der Waals surface area (Å²) in [6.07, 6.45) is 4.03. The predicted molar refractivity (Wildman–Crippen MR) is 111 cm³/mol. The Hall–Kier alpha value is -2.70. The Balaban J connectivity index is 2.03. The highest BCUT2D eigenvalue weighted by atomic mass is 35.5. The fourth-order valence-corrected chi connectivity index (χ4v) is 3.55. The molecule has 0 aliphatic heterocycles. The second-order valence-corrected chi connectivity index (χ2v) is 7.87. The minimum absolute atomic E-state index is 0.142. The fourth-order valence-electron chi connectivity index (χ4n) is 3.43. The van der Waals surface area contributed by atoms with Gasteiger partial charge < -0.3 is 9.67 Å². The van der Waals surface area contributed by atoms with Crippen LogP contribution in [-0.4, -0.2) is 30.9 Å². The van der Waals surface area contributed by atoms with Crippen molar-refractivity contribution in [3.05, 3.63) is 63.8 Å². The SMILES string of the molecule is CCc1nn2c(ncc3c(=O)n(C(C)(C)CO)ccc32)c1-c1ccc(Cl)cc1. The molecular weight excluding hydrogens is 376 g/mol. The molecule has 3 heterocycles. The normalized spacial score (nSPS) is 12.2. The molecule has 0 spiro atoms. The van der Waals surface area contributed by atoms with Crippen molar-refractivity contribution in [1.82, 2.24) is 19.2 Å². The first-order chi connectivity index (χ1) is 13.4. The third kappa shape index (κ3) is 2.80. The van der Waals surface area contributed by atoms with Gasteiger partial charge in [0.1, 0.15) is 0 Å². The lowest BCUT2D eigenvalue weighted by atomic mass is 10.0. The number of pyridine rings is 1.